The fraction of sp³-hybridized carbons (Fsp3) is 0.348. The molecule has 0 saturated heterocycles. The molecule has 3 rings (SSSR count). The predicted molar refractivity (Wildman–Crippen MR) is 120 cm³/mol. The zero-order valence-corrected chi connectivity index (χ0v) is 19.0. The molecule has 0 aliphatic heterocycles. The molecule has 8 heteroatoms. The third kappa shape index (κ3) is 5.73. The molecule has 2 amide bonds. The van der Waals surface area contributed by atoms with Crippen LogP contribution in [0.3, 0.4) is 0 Å². The van der Waals surface area contributed by atoms with E-state index in [-0.39, 0.29) is 24.1 Å². The zero-order chi connectivity index (χ0) is 22.4. The number of nitrogens with zero attached hydrogens (tertiary/aromatic N) is 4. The first kappa shape index (κ1) is 22.6. The van der Waals surface area contributed by atoms with Crippen molar-refractivity contribution in [2.45, 2.75) is 52.2 Å². The Morgan fingerprint density at radius 1 is 1.19 bits per heavy atom. The highest BCUT2D eigenvalue weighted by molar-refractivity contribution is 7.03. The lowest BCUT2D eigenvalue weighted by atomic mass is 9.99. The van der Waals surface area contributed by atoms with Crippen LogP contribution in [-0.2, 0) is 11.3 Å². The quantitative estimate of drug-likeness (QED) is 0.577. The molecule has 31 heavy (non-hydrogen) atoms. The maximum Gasteiger partial charge on any atom is 0.276 e. The van der Waals surface area contributed by atoms with E-state index in [1.54, 1.807) is 28.7 Å². The number of pyridine rings is 1. The standard InChI is InChI=1S/C23H27N5O2S/c1-5-23(3,4)25-21(29)20(18-7-6-12-24-13-18)28(22(30)19-15-31-27-26-19)14-17-10-8-16(2)9-11-17/h6-13,15,20H,5,14H2,1-4H3,(H,25,29)/t20-/m1/s1. The van der Waals surface area contributed by atoms with Crippen LogP contribution in [0.5, 0.6) is 0 Å². The minimum absolute atomic E-state index is 0.216. The van der Waals surface area contributed by atoms with Crippen molar-refractivity contribution in [2.24, 2.45) is 0 Å². The Labute approximate surface area is 186 Å². The van der Waals surface area contributed by atoms with Crippen molar-refractivity contribution < 1.29 is 9.59 Å². The van der Waals surface area contributed by atoms with Gasteiger partial charge in [0.25, 0.3) is 5.91 Å². The fourth-order valence-corrected chi connectivity index (χ4v) is 3.51. The van der Waals surface area contributed by atoms with Crippen LogP contribution >= 0.6 is 11.5 Å². The van der Waals surface area contributed by atoms with Crippen molar-refractivity contribution in [3.05, 3.63) is 76.6 Å². The number of benzene rings is 1. The van der Waals surface area contributed by atoms with Crippen LogP contribution in [0.2, 0.25) is 0 Å². The molecule has 0 saturated carbocycles. The fourth-order valence-electron chi connectivity index (χ4n) is 3.08. The first-order valence-electron chi connectivity index (χ1n) is 10.2. The van der Waals surface area contributed by atoms with Crippen LogP contribution in [0.1, 0.15) is 60.4 Å². The molecule has 2 aromatic heterocycles. The molecule has 2 heterocycles. The summed E-state index contributed by atoms with van der Waals surface area (Å²) in [7, 11) is 0. The van der Waals surface area contributed by atoms with Crippen molar-refractivity contribution in [3.63, 3.8) is 0 Å². The second-order valence-corrected chi connectivity index (χ2v) is 8.73. The van der Waals surface area contributed by atoms with Gasteiger partial charge in [-0.2, -0.15) is 0 Å². The molecule has 1 N–H and O–H groups in total. The lowest BCUT2D eigenvalue weighted by Gasteiger charge is -2.34. The molecule has 0 aliphatic carbocycles. The Bertz CT molecular complexity index is 1000. The van der Waals surface area contributed by atoms with Crippen LogP contribution in [-0.4, -0.2) is 36.8 Å². The molecule has 0 fully saturated rings. The third-order valence-corrected chi connectivity index (χ3v) is 5.72. The van der Waals surface area contributed by atoms with Gasteiger partial charge >= 0.3 is 0 Å². The van der Waals surface area contributed by atoms with E-state index >= 15 is 0 Å². The van der Waals surface area contributed by atoms with E-state index in [1.165, 1.54) is 0 Å². The first-order chi connectivity index (χ1) is 14.8. The van der Waals surface area contributed by atoms with Crippen molar-refractivity contribution in [1.29, 1.82) is 0 Å². The van der Waals surface area contributed by atoms with Crippen LogP contribution in [0.25, 0.3) is 0 Å². The number of aryl methyl sites for hydroxylation is 1. The molecule has 7 nitrogen and oxygen atoms in total. The molecular formula is C23H27N5O2S. The molecule has 1 aromatic carbocycles. The number of hydrogen-bond donors (Lipinski definition) is 1. The summed E-state index contributed by atoms with van der Waals surface area (Å²) in [5, 5.41) is 8.63. The summed E-state index contributed by atoms with van der Waals surface area (Å²) in [6, 6.07) is 10.6. The maximum atomic E-state index is 13.5. The van der Waals surface area contributed by atoms with Crippen molar-refractivity contribution in [3.8, 4) is 0 Å². The highest BCUT2D eigenvalue weighted by Crippen LogP contribution is 2.26. The molecule has 0 unspecified atom stereocenters. The van der Waals surface area contributed by atoms with Gasteiger partial charge in [0, 0.05) is 35.4 Å². The lowest BCUT2D eigenvalue weighted by Crippen LogP contribution is -2.50. The van der Waals surface area contributed by atoms with Gasteiger partial charge in [-0.3, -0.25) is 14.6 Å². The number of rotatable bonds is 8. The minimum atomic E-state index is -0.866. The Morgan fingerprint density at radius 3 is 2.52 bits per heavy atom. The Hall–Kier alpha value is -3.13. The third-order valence-electron chi connectivity index (χ3n) is 5.22. The van der Waals surface area contributed by atoms with Gasteiger partial charge in [0.2, 0.25) is 5.91 Å². The second-order valence-electron chi connectivity index (χ2n) is 8.12. The summed E-state index contributed by atoms with van der Waals surface area (Å²) in [5.74, 6) is -0.615. The van der Waals surface area contributed by atoms with Gasteiger partial charge in [-0.15, -0.1) is 5.10 Å². The van der Waals surface area contributed by atoms with Gasteiger partial charge in [-0.25, -0.2) is 0 Å². The van der Waals surface area contributed by atoms with Gasteiger partial charge in [-0.1, -0.05) is 47.3 Å². The topological polar surface area (TPSA) is 88.1 Å². The summed E-state index contributed by atoms with van der Waals surface area (Å²) in [6.45, 7) is 8.18. The van der Waals surface area contributed by atoms with E-state index < -0.39 is 11.6 Å². The van der Waals surface area contributed by atoms with E-state index in [0.29, 0.717) is 5.56 Å². The molecule has 162 valence electrons. The normalized spacial score (nSPS) is 12.3. The Kier molecular flexibility index (Phi) is 7.12. The summed E-state index contributed by atoms with van der Waals surface area (Å²) in [4.78, 5) is 32.7. The van der Waals surface area contributed by atoms with Crippen LogP contribution < -0.4 is 5.32 Å². The van der Waals surface area contributed by atoms with Gasteiger partial charge in [0.15, 0.2) is 5.69 Å². The van der Waals surface area contributed by atoms with Gasteiger partial charge < -0.3 is 10.2 Å². The average Bonchev–Trinajstić information content (AvgIpc) is 3.29. The van der Waals surface area contributed by atoms with E-state index in [9.17, 15) is 9.59 Å². The molecule has 0 radical (unpaired) electrons. The summed E-state index contributed by atoms with van der Waals surface area (Å²) in [6.07, 6.45) is 4.02. The number of carbonyl (C=O) groups excluding carboxylic acids is 2. The van der Waals surface area contributed by atoms with E-state index in [1.807, 2.05) is 58.0 Å². The Morgan fingerprint density at radius 2 is 1.94 bits per heavy atom. The molecule has 3 aromatic rings. The zero-order valence-electron chi connectivity index (χ0n) is 18.2. The number of nitrogens with one attached hydrogen (secondary N) is 1. The lowest BCUT2D eigenvalue weighted by molar-refractivity contribution is -0.127. The molecular weight excluding hydrogens is 410 g/mol. The highest BCUT2D eigenvalue weighted by atomic mass is 32.1. The molecule has 0 spiro atoms. The molecule has 0 aliphatic rings. The van der Waals surface area contributed by atoms with Gasteiger partial charge in [0.05, 0.1) is 0 Å². The van der Waals surface area contributed by atoms with E-state index in [4.69, 9.17) is 0 Å². The summed E-state index contributed by atoms with van der Waals surface area (Å²) < 4.78 is 3.83. The molecule has 1 atom stereocenters. The second kappa shape index (κ2) is 9.78. The number of carbonyl (C=O) groups is 2. The van der Waals surface area contributed by atoms with Crippen LogP contribution in [0.4, 0.5) is 0 Å². The maximum absolute atomic E-state index is 13.5. The predicted octanol–water partition coefficient (Wildman–Crippen LogP) is 3.93. The number of hydrogen-bond acceptors (Lipinski definition) is 6. The average molecular weight is 438 g/mol. The van der Waals surface area contributed by atoms with Crippen molar-refractivity contribution in [1.82, 2.24) is 24.8 Å². The SMILES string of the molecule is CCC(C)(C)NC(=O)[C@@H](c1cccnc1)N(Cc1ccc(C)cc1)C(=O)c1csnn1. The highest BCUT2D eigenvalue weighted by Gasteiger charge is 2.35. The van der Waals surface area contributed by atoms with Crippen molar-refractivity contribution >= 4 is 23.3 Å². The minimum Gasteiger partial charge on any atom is -0.349 e. The van der Waals surface area contributed by atoms with E-state index in [0.717, 1.165) is 29.1 Å². The first-order valence-corrected chi connectivity index (χ1v) is 11.0. The number of amides is 2. The van der Waals surface area contributed by atoms with Gasteiger partial charge in [0.1, 0.15) is 6.04 Å². The Balaban J connectivity index is 2.05. The largest absolute Gasteiger partial charge is 0.349 e. The monoisotopic (exact) mass is 437 g/mol. The number of aromatic nitrogens is 3. The van der Waals surface area contributed by atoms with Crippen LogP contribution in [0, 0.1) is 6.92 Å². The van der Waals surface area contributed by atoms with Crippen LogP contribution in [0.15, 0.2) is 54.2 Å². The molecule has 0 bridgehead atoms. The summed E-state index contributed by atoms with van der Waals surface area (Å²) >= 11 is 1.10. The smallest absolute Gasteiger partial charge is 0.276 e. The van der Waals surface area contributed by atoms with Crippen molar-refractivity contribution in [2.75, 3.05) is 0 Å². The summed E-state index contributed by atoms with van der Waals surface area (Å²) in [5.41, 5.74) is 2.47. The van der Waals surface area contributed by atoms with Gasteiger partial charge in [-0.05, 0) is 50.4 Å². The van der Waals surface area contributed by atoms with E-state index in [2.05, 4.69) is 19.9 Å².